The van der Waals surface area contributed by atoms with Crippen LogP contribution >= 0.6 is 0 Å². The number of nitrogens with one attached hydrogen (secondary N) is 2. The van der Waals surface area contributed by atoms with Crippen LogP contribution in [0.15, 0.2) is 65.8 Å². The summed E-state index contributed by atoms with van der Waals surface area (Å²) in [6.45, 7) is 3.45. The first-order valence-corrected chi connectivity index (χ1v) is 11.9. The van der Waals surface area contributed by atoms with Crippen molar-refractivity contribution in [3.8, 4) is 22.6 Å². The Hall–Kier alpha value is -3.73. The lowest BCUT2D eigenvalue weighted by Crippen LogP contribution is -2.19. The number of hydrogen-bond acceptors (Lipinski definition) is 6. The molecule has 0 bridgehead atoms. The van der Waals surface area contributed by atoms with Crippen molar-refractivity contribution in [3.05, 3.63) is 83.7 Å². The predicted molar refractivity (Wildman–Crippen MR) is 132 cm³/mol. The number of pyridine rings is 1. The Bertz CT molecular complexity index is 1390. The molecule has 0 spiro atoms. The predicted octanol–water partition coefficient (Wildman–Crippen LogP) is 4.52. The van der Waals surface area contributed by atoms with Gasteiger partial charge >= 0.3 is 0 Å². The average molecular weight is 494 g/mol. The summed E-state index contributed by atoms with van der Waals surface area (Å²) in [7, 11) is 3.40. The van der Waals surface area contributed by atoms with Crippen LogP contribution in [-0.4, -0.2) is 32.3 Å². The maximum absolute atomic E-state index is 13.5. The fourth-order valence-electron chi connectivity index (χ4n) is 3.67. The van der Waals surface area contributed by atoms with Gasteiger partial charge in [0, 0.05) is 37.6 Å². The zero-order valence-corrected chi connectivity index (χ0v) is 20.4. The first kappa shape index (κ1) is 24.4. The Balaban J connectivity index is 1.76. The molecule has 2 N–H and O–H groups in total. The number of amides is 1. The molecule has 0 radical (unpaired) electrons. The highest BCUT2D eigenvalue weighted by molar-refractivity contribution is 7.89. The van der Waals surface area contributed by atoms with Crippen molar-refractivity contribution in [2.24, 2.45) is 7.05 Å². The van der Waals surface area contributed by atoms with Crippen molar-refractivity contribution in [1.29, 1.82) is 0 Å². The van der Waals surface area contributed by atoms with E-state index >= 15 is 0 Å². The third kappa shape index (κ3) is 5.35. The summed E-state index contributed by atoms with van der Waals surface area (Å²) in [4.78, 5) is 17.9. The lowest BCUT2D eigenvalue weighted by Gasteiger charge is -2.17. The van der Waals surface area contributed by atoms with Crippen LogP contribution in [0.25, 0.3) is 11.1 Å². The number of carbonyl (C=O) groups excluding carboxylic acids is 1. The van der Waals surface area contributed by atoms with E-state index in [9.17, 15) is 13.7 Å². The summed E-state index contributed by atoms with van der Waals surface area (Å²) in [5.74, 6) is -0.405. The average Bonchev–Trinajstić information content (AvgIpc) is 3.26. The molecule has 0 aliphatic carbocycles. The van der Waals surface area contributed by atoms with Crippen LogP contribution in [-0.2, 0) is 18.4 Å². The molecule has 35 heavy (non-hydrogen) atoms. The van der Waals surface area contributed by atoms with Gasteiger partial charge in [-0.3, -0.25) is 9.48 Å². The number of aromatic nitrogens is 3. The van der Waals surface area contributed by atoms with Crippen LogP contribution < -0.4 is 14.8 Å². The van der Waals surface area contributed by atoms with Crippen LogP contribution in [0.1, 0.15) is 21.6 Å². The number of benzene rings is 2. The van der Waals surface area contributed by atoms with Gasteiger partial charge in [0.05, 0.1) is 28.8 Å². The Morgan fingerprint density at radius 1 is 1.14 bits per heavy atom. The van der Waals surface area contributed by atoms with Crippen LogP contribution in [0, 0.1) is 19.8 Å². The fourth-order valence-corrected chi connectivity index (χ4v) is 4.34. The number of hydrogen-bond donors (Lipinski definition) is 2. The molecule has 0 saturated heterocycles. The molecule has 8 nitrogen and oxygen atoms in total. The zero-order chi connectivity index (χ0) is 25.1. The molecule has 1 atom stereocenters. The molecular formula is C25H24FN5O3S. The zero-order valence-electron chi connectivity index (χ0n) is 19.6. The summed E-state index contributed by atoms with van der Waals surface area (Å²) in [5, 5.41) is 7.10. The van der Waals surface area contributed by atoms with E-state index in [4.69, 9.17) is 4.74 Å². The van der Waals surface area contributed by atoms with Crippen molar-refractivity contribution >= 4 is 23.0 Å². The van der Waals surface area contributed by atoms with E-state index in [2.05, 4.69) is 20.1 Å². The first-order chi connectivity index (χ1) is 16.8. The van der Waals surface area contributed by atoms with Crippen LogP contribution in [0.5, 0.6) is 11.5 Å². The highest BCUT2D eigenvalue weighted by atomic mass is 32.2. The highest BCUT2D eigenvalue weighted by Gasteiger charge is 2.22. The van der Waals surface area contributed by atoms with Gasteiger partial charge in [0.15, 0.2) is 4.90 Å². The van der Waals surface area contributed by atoms with E-state index in [0.29, 0.717) is 38.9 Å². The lowest BCUT2D eigenvalue weighted by molar-refractivity contribution is 0.102. The van der Waals surface area contributed by atoms with Gasteiger partial charge in [-0.05, 0) is 55.3 Å². The topological polar surface area (TPSA) is 104 Å². The molecule has 0 unspecified atom stereocenters. The third-order valence-electron chi connectivity index (χ3n) is 5.38. The minimum Gasteiger partial charge on any atom is -0.593 e. The van der Waals surface area contributed by atoms with Gasteiger partial charge < -0.3 is 14.6 Å². The molecular weight excluding hydrogens is 469 g/mol. The number of anilines is 1. The van der Waals surface area contributed by atoms with Crippen molar-refractivity contribution < 1.29 is 18.5 Å². The number of ether oxygens (including phenoxy) is 1. The monoisotopic (exact) mass is 493 g/mol. The quantitative estimate of drug-likeness (QED) is 0.290. The highest BCUT2D eigenvalue weighted by Crippen LogP contribution is 2.35. The number of carbonyl (C=O) groups is 1. The number of halogens is 1. The van der Waals surface area contributed by atoms with Gasteiger partial charge in [-0.15, -0.1) is 4.72 Å². The van der Waals surface area contributed by atoms with Crippen molar-refractivity contribution in [2.75, 3.05) is 12.4 Å². The van der Waals surface area contributed by atoms with Gasteiger partial charge in [0.2, 0.25) is 5.95 Å². The maximum atomic E-state index is 13.5. The molecule has 2 aromatic heterocycles. The molecule has 10 heteroatoms. The summed E-state index contributed by atoms with van der Waals surface area (Å²) >= 11 is -1.40. The molecule has 0 saturated carbocycles. The van der Waals surface area contributed by atoms with E-state index in [1.807, 2.05) is 26.2 Å². The minimum atomic E-state index is -1.40. The molecule has 0 aliphatic rings. The van der Waals surface area contributed by atoms with Gasteiger partial charge in [0.1, 0.15) is 11.5 Å². The van der Waals surface area contributed by atoms with Crippen molar-refractivity contribution in [3.63, 3.8) is 0 Å². The minimum absolute atomic E-state index is 0.291. The van der Waals surface area contributed by atoms with Gasteiger partial charge in [-0.2, -0.15) is 9.49 Å². The van der Waals surface area contributed by atoms with Crippen LogP contribution in [0.4, 0.5) is 10.1 Å². The molecule has 1 amide bonds. The molecule has 180 valence electrons. The molecule has 2 aromatic carbocycles. The van der Waals surface area contributed by atoms with Crippen molar-refractivity contribution in [2.45, 2.75) is 18.7 Å². The van der Waals surface area contributed by atoms with Crippen LogP contribution in [0.3, 0.4) is 0 Å². The molecule has 0 aliphatic heterocycles. The molecule has 4 aromatic rings. The van der Waals surface area contributed by atoms with Gasteiger partial charge in [-0.1, -0.05) is 12.1 Å². The van der Waals surface area contributed by atoms with Crippen LogP contribution in [0.2, 0.25) is 0 Å². The second-order valence-electron chi connectivity index (χ2n) is 7.79. The van der Waals surface area contributed by atoms with E-state index in [-0.39, 0.29) is 0 Å². The normalized spacial score (nSPS) is 11.8. The van der Waals surface area contributed by atoms with E-state index in [1.54, 1.807) is 55.2 Å². The molecule has 2 heterocycles. The summed E-state index contributed by atoms with van der Waals surface area (Å²) < 4.78 is 36.0. The molecule has 0 fully saturated rings. The first-order valence-electron chi connectivity index (χ1n) is 10.7. The Morgan fingerprint density at radius 2 is 1.91 bits per heavy atom. The van der Waals surface area contributed by atoms with E-state index in [0.717, 1.165) is 11.1 Å². The van der Waals surface area contributed by atoms with Crippen molar-refractivity contribution in [1.82, 2.24) is 19.5 Å². The van der Waals surface area contributed by atoms with E-state index in [1.165, 1.54) is 12.1 Å². The standard InChI is InChI=1S/C25H24FN5O3S/c1-15-20(17-13-28-31(4)14-17)8-9-22(34-21-10-11-23(26)29-16(21)2)24(15)25(32)30-18-6-5-7-19(12-18)35(33)27-3/h5-14,27H,1-4H3,(H,30,32)/t35-/m1/s1. The Kier molecular flexibility index (Phi) is 7.15. The SMILES string of the molecule is CN[S@+]([O-])c1cccc(NC(=O)c2c(Oc3ccc(F)nc3C)ccc(-c3cnn(C)c3)c2C)c1. The van der Waals surface area contributed by atoms with Gasteiger partial charge in [0.25, 0.3) is 5.91 Å². The lowest BCUT2D eigenvalue weighted by atomic mass is 9.97. The number of aryl methyl sites for hydroxylation is 2. The summed E-state index contributed by atoms with van der Waals surface area (Å²) in [5.41, 5.74) is 3.47. The third-order valence-corrected chi connectivity index (χ3v) is 6.44. The maximum Gasteiger partial charge on any atom is 0.259 e. The van der Waals surface area contributed by atoms with Gasteiger partial charge in [-0.25, -0.2) is 4.98 Å². The summed E-state index contributed by atoms with van der Waals surface area (Å²) in [6, 6.07) is 13.0. The number of nitrogens with zero attached hydrogens (tertiary/aromatic N) is 3. The Morgan fingerprint density at radius 3 is 2.60 bits per heavy atom. The summed E-state index contributed by atoms with van der Waals surface area (Å²) in [6.07, 6.45) is 3.57. The Labute approximate surface area is 205 Å². The molecule has 4 rings (SSSR count). The second kappa shape index (κ2) is 10.3. The number of rotatable bonds is 7. The fraction of sp³-hybridized carbons (Fsp3) is 0.160. The second-order valence-corrected chi connectivity index (χ2v) is 9.21. The largest absolute Gasteiger partial charge is 0.593 e. The van der Waals surface area contributed by atoms with E-state index < -0.39 is 23.2 Å². The smallest absolute Gasteiger partial charge is 0.259 e.